The second kappa shape index (κ2) is 19.7. The van der Waals surface area contributed by atoms with Gasteiger partial charge in [0.1, 0.15) is 79.7 Å². The molecule has 3 aliphatic rings. The number of carboxylic acid groups (broad SMARTS) is 2. The van der Waals surface area contributed by atoms with Crippen LogP contribution in [0, 0.1) is 0 Å². The SMILES string of the molecule is CC(=O)N[C@H]1[C@@H](OC[C@H](N)C(=O)O)O[C@H](CO)[C@H](O)[C@@H]1O[C@@H]1O[C@H](CO)[C@H](O)[C@H](O[C@]2(C(=O)O)C[C@H](O)[C@@H](NC(C)=O)[C@H]([C@H](O)[C@H](O)COC(C)=O)O2)[C@H]1O. The average molecular weight is 804 g/mol. The summed E-state index contributed by atoms with van der Waals surface area (Å²) in [5.74, 6) is -9.07. The standard InChI is InChI=1S/C30H49N3O22/c1-9(36)32-17-13(39)4-30(29(47)48,54-24(17)19(41)14(40)8-49-11(3)38)55-25-21(43)16(6-35)52-28(22(25)44)53-23-18(33-10(2)37)27(50-7-12(31)26(45)46)51-15(5-34)20(23)42/h12-25,27-28,34-35,39-44H,4-8,31H2,1-3H3,(H,32,36)(H,33,37)(H,45,46)(H,47,48)/t12-,13-,14+,15+,16+,17+,18+,19+,20-,21-,22+,23+,24+,25-,27-,28-,30-/m0/s1. The molecule has 3 heterocycles. The Morgan fingerprint density at radius 1 is 0.818 bits per heavy atom. The molecule has 2 amide bonds. The quantitative estimate of drug-likeness (QED) is 0.0607. The van der Waals surface area contributed by atoms with Crippen molar-refractivity contribution in [2.75, 3.05) is 26.4 Å². The molecule has 316 valence electrons. The molecule has 55 heavy (non-hydrogen) atoms. The van der Waals surface area contributed by atoms with Gasteiger partial charge in [0, 0.05) is 27.2 Å². The number of carbonyl (C=O) groups is 5. The number of aliphatic carboxylic acids is 2. The fraction of sp³-hybridized carbons (Fsp3) is 0.833. The van der Waals surface area contributed by atoms with Crippen LogP contribution in [0.5, 0.6) is 0 Å². The molecule has 0 aromatic rings. The van der Waals surface area contributed by atoms with E-state index in [1.165, 1.54) is 0 Å². The van der Waals surface area contributed by atoms with Gasteiger partial charge in [-0.25, -0.2) is 4.79 Å². The van der Waals surface area contributed by atoms with E-state index in [1.54, 1.807) is 0 Å². The Morgan fingerprint density at radius 2 is 1.36 bits per heavy atom. The number of carboxylic acids is 2. The number of hydrogen-bond donors (Lipinski definition) is 13. The van der Waals surface area contributed by atoms with Crippen molar-refractivity contribution < 1.29 is 108 Å². The van der Waals surface area contributed by atoms with Gasteiger partial charge in [0.15, 0.2) is 12.6 Å². The lowest BCUT2D eigenvalue weighted by Gasteiger charge is -2.51. The second-order valence-electron chi connectivity index (χ2n) is 13.1. The van der Waals surface area contributed by atoms with Gasteiger partial charge < -0.3 is 101 Å². The summed E-state index contributed by atoms with van der Waals surface area (Å²) in [6, 6.07) is -4.79. The van der Waals surface area contributed by atoms with E-state index in [-0.39, 0.29) is 0 Å². The zero-order chi connectivity index (χ0) is 41.5. The number of nitrogens with one attached hydrogen (secondary N) is 2. The first kappa shape index (κ1) is 46.1. The van der Waals surface area contributed by atoms with Gasteiger partial charge in [-0.3, -0.25) is 19.2 Å². The van der Waals surface area contributed by atoms with Gasteiger partial charge >= 0.3 is 17.9 Å². The molecule has 3 rings (SSSR count). The second-order valence-corrected chi connectivity index (χ2v) is 13.1. The first-order chi connectivity index (χ1) is 25.7. The van der Waals surface area contributed by atoms with Crippen LogP contribution in [0.4, 0.5) is 0 Å². The van der Waals surface area contributed by atoms with Crippen LogP contribution in [0.25, 0.3) is 0 Å². The molecule has 0 aromatic heterocycles. The molecule has 0 radical (unpaired) electrons. The van der Waals surface area contributed by atoms with Crippen LogP contribution in [0.2, 0.25) is 0 Å². The van der Waals surface area contributed by atoms with E-state index in [1.807, 2.05) is 0 Å². The summed E-state index contributed by atoms with van der Waals surface area (Å²) in [7, 11) is 0. The highest BCUT2D eigenvalue weighted by atomic mass is 16.8. The van der Waals surface area contributed by atoms with Crippen LogP contribution in [-0.2, 0) is 57.1 Å². The first-order valence-electron chi connectivity index (χ1n) is 16.8. The predicted molar refractivity (Wildman–Crippen MR) is 171 cm³/mol. The topological polar surface area (TPSA) is 402 Å². The largest absolute Gasteiger partial charge is 0.480 e. The molecule has 3 aliphatic heterocycles. The summed E-state index contributed by atoms with van der Waals surface area (Å²) in [5.41, 5.74) is 5.50. The molecule has 0 saturated carbocycles. The van der Waals surface area contributed by atoms with E-state index >= 15 is 0 Å². The molecule has 0 aliphatic carbocycles. The zero-order valence-electron chi connectivity index (χ0n) is 29.7. The van der Waals surface area contributed by atoms with Gasteiger partial charge in [0.25, 0.3) is 5.79 Å². The Hall–Kier alpha value is -3.25. The highest BCUT2D eigenvalue weighted by molar-refractivity contribution is 5.77. The van der Waals surface area contributed by atoms with Gasteiger partial charge in [-0.1, -0.05) is 0 Å². The lowest BCUT2D eigenvalue weighted by atomic mass is 9.88. The van der Waals surface area contributed by atoms with Gasteiger partial charge in [-0.15, -0.1) is 0 Å². The Bertz CT molecular complexity index is 1340. The molecule has 0 unspecified atom stereocenters. The summed E-state index contributed by atoms with van der Waals surface area (Å²) in [4.78, 5) is 59.6. The Balaban J connectivity index is 2.00. The Kier molecular flexibility index (Phi) is 16.6. The molecule has 14 N–H and O–H groups in total. The van der Waals surface area contributed by atoms with Gasteiger partial charge in [-0.05, 0) is 0 Å². The number of aliphatic hydroxyl groups is 8. The summed E-state index contributed by atoms with van der Waals surface area (Å²) >= 11 is 0. The fourth-order valence-electron chi connectivity index (χ4n) is 6.15. The normalized spacial score (nSPS) is 38.2. The molecule has 3 saturated heterocycles. The van der Waals surface area contributed by atoms with Crippen LogP contribution in [-0.4, -0.2) is 211 Å². The Morgan fingerprint density at radius 3 is 1.87 bits per heavy atom. The minimum Gasteiger partial charge on any atom is -0.480 e. The van der Waals surface area contributed by atoms with Crippen LogP contribution < -0.4 is 16.4 Å². The summed E-state index contributed by atoms with van der Waals surface area (Å²) < 4.78 is 38.3. The summed E-state index contributed by atoms with van der Waals surface area (Å²) in [6.07, 6.45) is -26.6. The van der Waals surface area contributed by atoms with E-state index in [4.69, 9.17) is 39.3 Å². The van der Waals surface area contributed by atoms with Crippen LogP contribution in [0.3, 0.4) is 0 Å². The third kappa shape index (κ3) is 11.2. The van der Waals surface area contributed by atoms with Crippen molar-refractivity contribution in [3.05, 3.63) is 0 Å². The third-order valence-electron chi connectivity index (χ3n) is 8.88. The molecule has 25 heteroatoms. The van der Waals surface area contributed by atoms with E-state index in [0.717, 1.165) is 20.8 Å². The van der Waals surface area contributed by atoms with Crippen molar-refractivity contribution in [1.29, 1.82) is 0 Å². The first-order valence-corrected chi connectivity index (χ1v) is 16.8. The number of hydrogen-bond acceptors (Lipinski definition) is 21. The minimum absolute atomic E-state index is 0.712. The molecule has 17 atom stereocenters. The van der Waals surface area contributed by atoms with Crippen LogP contribution in [0.1, 0.15) is 27.2 Å². The molecular formula is C30H49N3O22. The molecule has 3 fully saturated rings. The number of esters is 1. The number of nitrogens with two attached hydrogens (primary N) is 1. The van der Waals surface area contributed by atoms with E-state index in [0.29, 0.717) is 0 Å². The van der Waals surface area contributed by atoms with Gasteiger partial charge in [-0.2, -0.15) is 0 Å². The Labute approximate surface area is 311 Å². The zero-order valence-corrected chi connectivity index (χ0v) is 29.7. The maximum Gasteiger partial charge on any atom is 0.364 e. The van der Waals surface area contributed by atoms with Crippen LogP contribution >= 0.6 is 0 Å². The molecule has 0 bridgehead atoms. The predicted octanol–water partition coefficient (Wildman–Crippen LogP) is -8.07. The summed E-state index contributed by atoms with van der Waals surface area (Å²) in [6.45, 7) is -0.468. The third-order valence-corrected chi connectivity index (χ3v) is 8.88. The van der Waals surface area contributed by atoms with Crippen molar-refractivity contribution in [3.8, 4) is 0 Å². The molecule has 25 nitrogen and oxygen atoms in total. The van der Waals surface area contributed by atoms with Gasteiger partial charge in [0.2, 0.25) is 11.8 Å². The maximum atomic E-state index is 12.9. The van der Waals surface area contributed by atoms with E-state index < -0.39 is 166 Å². The smallest absolute Gasteiger partial charge is 0.364 e. The number of aliphatic hydroxyl groups excluding tert-OH is 8. The number of ether oxygens (including phenoxy) is 7. The monoisotopic (exact) mass is 803 g/mol. The lowest BCUT2D eigenvalue weighted by Crippen LogP contribution is -2.71. The minimum atomic E-state index is -3.13. The molecular weight excluding hydrogens is 754 g/mol. The number of carbonyl (C=O) groups excluding carboxylic acids is 3. The van der Waals surface area contributed by atoms with Crippen molar-refractivity contribution in [3.63, 3.8) is 0 Å². The lowest BCUT2D eigenvalue weighted by molar-refractivity contribution is -0.381. The highest BCUT2D eigenvalue weighted by Crippen LogP contribution is 2.38. The number of amides is 2. The van der Waals surface area contributed by atoms with Crippen molar-refractivity contribution in [2.24, 2.45) is 5.73 Å². The van der Waals surface area contributed by atoms with Crippen LogP contribution in [0.15, 0.2) is 0 Å². The molecule has 0 aromatic carbocycles. The maximum absolute atomic E-state index is 12.9. The van der Waals surface area contributed by atoms with E-state index in [9.17, 15) is 69.9 Å². The average Bonchev–Trinajstić information content (AvgIpc) is 3.11. The summed E-state index contributed by atoms with van der Waals surface area (Å²) in [5, 5.41) is 110. The number of rotatable bonds is 17. The molecule has 0 spiro atoms. The van der Waals surface area contributed by atoms with E-state index in [2.05, 4.69) is 15.4 Å². The highest BCUT2D eigenvalue weighted by Gasteiger charge is 2.60. The van der Waals surface area contributed by atoms with Gasteiger partial charge in [0.05, 0.1) is 32.0 Å². The van der Waals surface area contributed by atoms with Crippen molar-refractivity contribution in [2.45, 2.75) is 131 Å². The fourth-order valence-corrected chi connectivity index (χ4v) is 6.15. The van der Waals surface area contributed by atoms with Crippen molar-refractivity contribution in [1.82, 2.24) is 10.6 Å². The van der Waals surface area contributed by atoms with Crippen molar-refractivity contribution >= 4 is 29.7 Å².